The van der Waals surface area contributed by atoms with Gasteiger partial charge in [-0.05, 0) is 6.92 Å². The molecule has 0 saturated heterocycles. The van der Waals surface area contributed by atoms with E-state index in [0.29, 0.717) is 0 Å². The Morgan fingerprint density at radius 1 is 1.33 bits per heavy atom. The first-order valence-electron chi connectivity index (χ1n) is 3.28. The van der Waals surface area contributed by atoms with Crippen molar-refractivity contribution in [2.45, 2.75) is 6.92 Å². The van der Waals surface area contributed by atoms with Gasteiger partial charge in [0.25, 0.3) is 0 Å². The maximum Gasteiger partial charge on any atom is 0.0401 e. The molecule has 1 aromatic carbocycles. The van der Waals surface area contributed by atoms with Crippen molar-refractivity contribution in [3.8, 4) is 11.8 Å². The van der Waals surface area contributed by atoms with Gasteiger partial charge >= 0.3 is 0 Å². The van der Waals surface area contributed by atoms with E-state index in [1.54, 1.807) is 0 Å². The second-order valence-electron chi connectivity index (χ2n) is 2.17. The van der Waals surface area contributed by atoms with Crippen molar-refractivity contribution in [3.63, 3.8) is 0 Å². The molecule has 1 rings (SSSR count). The first-order chi connectivity index (χ1) is 5.34. The van der Waals surface area contributed by atoms with Crippen molar-refractivity contribution in [2.75, 3.05) is 0 Å². The molecular formula is C10H7HoO-. The minimum absolute atomic E-state index is 0. The van der Waals surface area contributed by atoms with Crippen LogP contribution in [0.5, 0.6) is 0 Å². The van der Waals surface area contributed by atoms with Crippen molar-refractivity contribution >= 4 is 6.29 Å². The molecule has 1 radical (unpaired) electrons. The summed E-state index contributed by atoms with van der Waals surface area (Å²) in [4.78, 5) is 9.79. The third-order valence-electron chi connectivity index (χ3n) is 1.39. The van der Waals surface area contributed by atoms with Gasteiger partial charge in [-0.15, -0.1) is 0 Å². The van der Waals surface area contributed by atoms with Crippen LogP contribution in [0.3, 0.4) is 0 Å². The van der Waals surface area contributed by atoms with Gasteiger partial charge in [0.2, 0.25) is 0 Å². The van der Waals surface area contributed by atoms with Crippen LogP contribution in [-0.4, -0.2) is 6.29 Å². The summed E-state index contributed by atoms with van der Waals surface area (Å²) in [6, 6.07) is 7.65. The van der Waals surface area contributed by atoms with Crippen molar-refractivity contribution < 1.29 is 42.5 Å². The Morgan fingerprint density at radius 3 is 2.58 bits per heavy atom. The van der Waals surface area contributed by atoms with Gasteiger partial charge in [-0.3, -0.25) is 11.8 Å². The third kappa shape index (κ3) is 3.40. The molecule has 0 fully saturated rings. The Bertz CT molecular complexity index is 320. The van der Waals surface area contributed by atoms with Gasteiger partial charge in [-0.25, -0.2) is 0 Å². The van der Waals surface area contributed by atoms with Crippen molar-refractivity contribution in [2.24, 2.45) is 0 Å². The summed E-state index contributed by atoms with van der Waals surface area (Å²) in [6.07, 6.45) is 1.53. The van der Waals surface area contributed by atoms with E-state index in [9.17, 15) is 4.79 Å². The summed E-state index contributed by atoms with van der Waals surface area (Å²) in [5.74, 6) is 4.94. The van der Waals surface area contributed by atoms with E-state index < -0.39 is 0 Å². The van der Waals surface area contributed by atoms with E-state index in [4.69, 9.17) is 0 Å². The monoisotopic (exact) mass is 308 g/mol. The second kappa shape index (κ2) is 6.25. The van der Waals surface area contributed by atoms with E-state index >= 15 is 0 Å². The zero-order chi connectivity index (χ0) is 8.10. The van der Waals surface area contributed by atoms with Gasteiger partial charge in [0.15, 0.2) is 0 Å². The molecule has 0 spiro atoms. The van der Waals surface area contributed by atoms with E-state index in [0.717, 1.165) is 11.1 Å². The molecule has 0 bridgehead atoms. The molecule has 1 aromatic rings. The predicted molar refractivity (Wildman–Crippen MR) is 43.8 cm³/mol. The van der Waals surface area contributed by atoms with Crippen molar-refractivity contribution in [1.29, 1.82) is 0 Å². The van der Waals surface area contributed by atoms with Gasteiger partial charge in [0, 0.05) is 44.0 Å². The van der Waals surface area contributed by atoms with E-state index in [1.165, 1.54) is 6.29 Å². The molecule has 0 saturated carbocycles. The Labute approximate surface area is 102 Å². The Kier molecular flexibility index (Phi) is 6.10. The van der Waals surface area contributed by atoms with Crippen LogP contribution in [0.15, 0.2) is 24.3 Å². The summed E-state index contributed by atoms with van der Waals surface area (Å²) in [7, 11) is 0. The fraction of sp³-hybridized carbons (Fsp3) is 0.100. The molecule has 12 heavy (non-hydrogen) atoms. The second-order valence-corrected chi connectivity index (χ2v) is 2.17. The van der Waals surface area contributed by atoms with Crippen LogP contribution in [0.2, 0.25) is 0 Å². The van der Waals surface area contributed by atoms with E-state index in [-0.39, 0.29) is 37.7 Å². The molecule has 0 N–H and O–H groups in total. The smallest absolute Gasteiger partial charge is 0.0401 e. The Balaban J connectivity index is 0.00000121. The molecule has 0 atom stereocenters. The van der Waals surface area contributed by atoms with Crippen LogP contribution in [0.4, 0.5) is 0 Å². The molecule has 0 aliphatic rings. The average Bonchev–Trinajstić information content (AvgIpc) is 2.03. The molecule has 0 unspecified atom stereocenters. The zero-order valence-corrected chi connectivity index (χ0v) is 8.45. The standard InChI is InChI=1S/C10H7O.Ho/c1-9-5-2-3-6-10(9)7-4-8-11;/h2-3,5-6H,1H3;/q-1;. The van der Waals surface area contributed by atoms with Crippen LogP contribution in [0.1, 0.15) is 11.1 Å². The molecule has 0 amide bonds. The maximum absolute atomic E-state index is 9.79. The van der Waals surface area contributed by atoms with Gasteiger partial charge < -0.3 is 4.79 Å². The summed E-state index contributed by atoms with van der Waals surface area (Å²) < 4.78 is 0. The summed E-state index contributed by atoms with van der Waals surface area (Å²) in [6.45, 7) is 1.95. The van der Waals surface area contributed by atoms with Gasteiger partial charge in [0.05, 0.1) is 0 Å². The fourth-order valence-corrected chi connectivity index (χ4v) is 0.806. The van der Waals surface area contributed by atoms with E-state index in [1.807, 2.05) is 31.2 Å². The molecule has 0 aliphatic carbocycles. The van der Waals surface area contributed by atoms with Crippen molar-refractivity contribution in [1.82, 2.24) is 0 Å². The predicted octanol–water partition coefficient (Wildman–Crippen LogP) is 1.46. The maximum atomic E-state index is 9.79. The summed E-state index contributed by atoms with van der Waals surface area (Å²) >= 11 is 0. The van der Waals surface area contributed by atoms with Crippen LogP contribution in [-0.2, 0) is 4.79 Å². The van der Waals surface area contributed by atoms with E-state index in [2.05, 4.69) is 11.8 Å². The molecular weight excluding hydrogens is 301 g/mol. The molecule has 0 aliphatic heterocycles. The molecule has 0 aromatic heterocycles. The molecule has 1 nitrogen and oxygen atoms in total. The van der Waals surface area contributed by atoms with Gasteiger partial charge in [0.1, 0.15) is 0 Å². The summed E-state index contributed by atoms with van der Waals surface area (Å²) in [5.41, 5.74) is 1.96. The SMILES string of the molecule is Cc1ccccc1C#C[C-]=O.[Ho]. The Morgan fingerprint density at radius 2 is 2.00 bits per heavy atom. The number of hydrogen-bond donors (Lipinski definition) is 0. The normalized spacial score (nSPS) is 7.42. The van der Waals surface area contributed by atoms with Gasteiger partial charge in [-0.2, -0.15) is 0 Å². The fourth-order valence-electron chi connectivity index (χ4n) is 0.806. The van der Waals surface area contributed by atoms with Gasteiger partial charge in [-0.1, -0.05) is 35.4 Å². The number of hydrogen-bond acceptors (Lipinski definition) is 1. The van der Waals surface area contributed by atoms with Crippen LogP contribution in [0.25, 0.3) is 0 Å². The summed E-state index contributed by atoms with van der Waals surface area (Å²) in [5, 5.41) is 0. The number of carbonyl (C=O) groups excluding carboxylic acids is 1. The van der Waals surface area contributed by atoms with Crippen LogP contribution < -0.4 is 0 Å². The minimum Gasteiger partial charge on any atom is -0.409 e. The van der Waals surface area contributed by atoms with Crippen LogP contribution >= 0.6 is 0 Å². The topological polar surface area (TPSA) is 17.1 Å². The molecule has 0 heterocycles. The molecule has 65 valence electrons. The Hall–Kier alpha value is -0.290. The largest absolute Gasteiger partial charge is 0.409 e. The zero-order valence-electron chi connectivity index (χ0n) is 6.52. The third-order valence-corrected chi connectivity index (χ3v) is 1.39. The first-order valence-corrected chi connectivity index (χ1v) is 3.28. The van der Waals surface area contributed by atoms with Crippen molar-refractivity contribution in [3.05, 3.63) is 35.4 Å². The minimum atomic E-state index is 0. The quantitative estimate of drug-likeness (QED) is 0.403. The number of benzene rings is 1. The average molecular weight is 308 g/mol. The molecule has 2 heteroatoms. The number of rotatable bonds is 0. The first kappa shape index (κ1) is 11.7. The number of aryl methyl sites for hydroxylation is 1. The van der Waals surface area contributed by atoms with Crippen LogP contribution in [0, 0.1) is 56.5 Å².